The molecule has 0 aliphatic carbocycles. The third-order valence-corrected chi connectivity index (χ3v) is 4.76. The third-order valence-electron chi connectivity index (χ3n) is 4.76. The minimum atomic E-state index is 0.127. The highest BCUT2D eigenvalue weighted by Gasteiger charge is 2.30. The summed E-state index contributed by atoms with van der Waals surface area (Å²) in [5, 5.41) is 4.13. The van der Waals surface area contributed by atoms with E-state index in [0.29, 0.717) is 6.04 Å². The Hall–Kier alpha value is -2.01. The Morgan fingerprint density at radius 2 is 2.08 bits per heavy atom. The third kappa shape index (κ3) is 3.82. The van der Waals surface area contributed by atoms with Crippen molar-refractivity contribution in [2.24, 2.45) is 0 Å². The molecular formula is C20H28N2O3. The first-order valence-corrected chi connectivity index (χ1v) is 9.00. The number of ether oxygens (including phenoxy) is 2. The largest absolute Gasteiger partial charge is 0.493 e. The maximum atomic E-state index is 5.81. The van der Waals surface area contributed by atoms with E-state index in [1.165, 1.54) is 17.5 Å². The molecule has 1 unspecified atom stereocenters. The van der Waals surface area contributed by atoms with Crippen molar-refractivity contribution in [1.29, 1.82) is 0 Å². The zero-order valence-electron chi connectivity index (χ0n) is 15.8. The highest BCUT2D eigenvalue weighted by atomic mass is 16.5. The molecule has 2 aromatic rings. The molecule has 1 aliphatic rings. The van der Waals surface area contributed by atoms with E-state index in [4.69, 9.17) is 14.0 Å². The molecule has 25 heavy (non-hydrogen) atoms. The summed E-state index contributed by atoms with van der Waals surface area (Å²) in [5.74, 6) is 2.52. The average Bonchev–Trinajstić information content (AvgIpc) is 3.14. The molecule has 1 atom stereocenters. The fourth-order valence-electron chi connectivity index (χ4n) is 3.70. The second-order valence-electron chi connectivity index (χ2n) is 7.02. The molecule has 0 N–H and O–H groups in total. The van der Waals surface area contributed by atoms with E-state index < -0.39 is 0 Å². The fraction of sp³-hybridized carbons (Fsp3) is 0.550. The van der Waals surface area contributed by atoms with E-state index in [-0.39, 0.29) is 6.10 Å². The molecule has 1 aromatic carbocycles. The van der Waals surface area contributed by atoms with Crippen molar-refractivity contribution in [3.63, 3.8) is 0 Å². The van der Waals surface area contributed by atoms with Gasteiger partial charge in [-0.05, 0) is 64.8 Å². The number of aromatic nitrogens is 1. The number of aryl methyl sites for hydroxylation is 2. The molecule has 0 saturated carbocycles. The molecule has 2 heterocycles. The van der Waals surface area contributed by atoms with Crippen molar-refractivity contribution in [3.05, 3.63) is 40.8 Å². The lowest BCUT2D eigenvalue weighted by atomic mass is 10.0. The predicted octanol–water partition coefficient (Wildman–Crippen LogP) is 4.42. The minimum Gasteiger partial charge on any atom is -0.493 e. The van der Waals surface area contributed by atoms with E-state index in [9.17, 15) is 0 Å². The van der Waals surface area contributed by atoms with Crippen LogP contribution in [0.3, 0.4) is 0 Å². The molecule has 136 valence electrons. The van der Waals surface area contributed by atoms with Gasteiger partial charge in [-0.3, -0.25) is 4.90 Å². The van der Waals surface area contributed by atoms with E-state index in [1.54, 1.807) is 7.11 Å². The summed E-state index contributed by atoms with van der Waals surface area (Å²) in [6, 6.07) is 6.60. The Balaban J connectivity index is 1.79. The molecular weight excluding hydrogens is 316 g/mol. The standard InChI is InChI=1S/C20H28N2O3/c1-13(2)24-18-9-8-16(11-19(18)23-5)12-22-10-6-7-17(22)20-14(3)21-25-15(20)4/h8-9,11,13,17H,6-7,10,12H2,1-5H3. The monoisotopic (exact) mass is 344 g/mol. The molecule has 5 nitrogen and oxygen atoms in total. The number of rotatable bonds is 6. The van der Waals surface area contributed by atoms with Crippen LogP contribution in [0.1, 0.15) is 55.3 Å². The summed E-state index contributed by atoms with van der Waals surface area (Å²) >= 11 is 0. The van der Waals surface area contributed by atoms with E-state index >= 15 is 0 Å². The molecule has 1 fully saturated rings. The van der Waals surface area contributed by atoms with Crippen LogP contribution >= 0.6 is 0 Å². The van der Waals surface area contributed by atoms with Gasteiger partial charge in [0, 0.05) is 18.2 Å². The summed E-state index contributed by atoms with van der Waals surface area (Å²) in [6.45, 7) is 10.0. The first kappa shape index (κ1) is 17.8. The van der Waals surface area contributed by atoms with Crippen molar-refractivity contribution in [2.75, 3.05) is 13.7 Å². The van der Waals surface area contributed by atoms with Gasteiger partial charge in [0.2, 0.25) is 0 Å². The van der Waals surface area contributed by atoms with Gasteiger partial charge in [-0.15, -0.1) is 0 Å². The molecule has 0 amide bonds. The van der Waals surface area contributed by atoms with Gasteiger partial charge in [0.05, 0.1) is 18.9 Å². The summed E-state index contributed by atoms with van der Waals surface area (Å²) in [7, 11) is 1.69. The van der Waals surface area contributed by atoms with Gasteiger partial charge in [-0.2, -0.15) is 0 Å². The Morgan fingerprint density at radius 3 is 2.72 bits per heavy atom. The van der Waals surface area contributed by atoms with Crippen LogP contribution in [0, 0.1) is 13.8 Å². The van der Waals surface area contributed by atoms with Crippen LogP contribution in [0.25, 0.3) is 0 Å². The Labute approximate surface area is 149 Å². The van der Waals surface area contributed by atoms with Crippen molar-refractivity contribution < 1.29 is 14.0 Å². The van der Waals surface area contributed by atoms with Crippen LogP contribution in [-0.4, -0.2) is 29.8 Å². The highest BCUT2D eigenvalue weighted by molar-refractivity contribution is 5.43. The van der Waals surface area contributed by atoms with Gasteiger partial charge in [-0.1, -0.05) is 11.2 Å². The van der Waals surface area contributed by atoms with Gasteiger partial charge in [0.15, 0.2) is 11.5 Å². The smallest absolute Gasteiger partial charge is 0.161 e. The lowest BCUT2D eigenvalue weighted by molar-refractivity contribution is 0.228. The van der Waals surface area contributed by atoms with Crippen molar-refractivity contribution in [1.82, 2.24) is 10.1 Å². The zero-order chi connectivity index (χ0) is 18.0. The maximum absolute atomic E-state index is 5.81. The van der Waals surface area contributed by atoms with Gasteiger partial charge in [0.25, 0.3) is 0 Å². The number of hydrogen-bond donors (Lipinski definition) is 0. The molecule has 1 aromatic heterocycles. The SMILES string of the molecule is COc1cc(CN2CCCC2c2c(C)noc2C)ccc1OC(C)C. The molecule has 0 spiro atoms. The van der Waals surface area contributed by atoms with Crippen molar-refractivity contribution in [2.45, 2.75) is 59.2 Å². The highest BCUT2D eigenvalue weighted by Crippen LogP contribution is 2.37. The molecule has 0 radical (unpaired) electrons. The second kappa shape index (κ2) is 7.48. The summed E-state index contributed by atoms with van der Waals surface area (Å²) in [6.07, 6.45) is 2.47. The van der Waals surface area contributed by atoms with Gasteiger partial charge in [-0.25, -0.2) is 0 Å². The molecule has 1 aliphatic heterocycles. The number of hydrogen-bond acceptors (Lipinski definition) is 5. The van der Waals surface area contributed by atoms with Gasteiger partial charge < -0.3 is 14.0 Å². The van der Waals surface area contributed by atoms with Gasteiger partial charge in [0.1, 0.15) is 5.76 Å². The Morgan fingerprint density at radius 1 is 1.28 bits per heavy atom. The van der Waals surface area contributed by atoms with Crippen LogP contribution in [0.4, 0.5) is 0 Å². The number of benzene rings is 1. The number of likely N-dealkylation sites (tertiary alicyclic amines) is 1. The summed E-state index contributed by atoms with van der Waals surface area (Å²) in [4.78, 5) is 2.50. The van der Waals surface area contributed by atoms with Crippen molar-refractivity contribution in [3.8, 4) is 11.5 Å². The lowest BCUT2D eigenvalue weighted by Gasteiger charge is -2.25. The van der Waals surface area contributed by atoms with Crippen LogP contribution in [0.2, 0.25) is 0 Å². The molecule has 0 bridgehead atoms. The zero-order valence-corrected chi connectivity index (χ0v) is 15.8. The quantitative estimate of drug-likeness (QED) is 0.776. The van der Waals surface area contributed by atoms with Crippen molar-refractivity contribution >= 4 is 0 Å². The fourth-order valence-corrected chi connectivity index (χ4v) is 3.70. The van der Waals surface area contributed by atoms with Crippen LogP contribution in [0.5, 0.6) is 11.5 Å². The van der Waals surface area contributed by atoms with Crippen LogP contribution in [0.15, 0.2) is 22.7 Å². The van der Waals surface area contributed by atoms with E-state index in [2.05, 4.69) is 22.2 Å². The lowest BCUT2D eigenvalue weighted by Crippen LogP contribution is -2.23. The molecule has 3 rings (SSSR count). The topological polar surface area (TPSA) is 47.7 Å². The van der Waals surface area contributed by atoms with E-state index in [1.807, 2.05) is 33.8 Å². The average molecular weight is 344 g/mol. The minimum absolute atomic E-state index is 0.127. The number of nitrogens with zero attached hydrogens (tertiary/aromatic N) is 2. The van der Waals surface area contributed by atoms with E-state index in [0.717, 1.165) is 42.5 Å². The summed E-state index contributed by atoms with van der Waals surface area (Å²) in [5.41, 5.74) is 3.49. The number of methoxy groups -OCH3 is 1. The van der Waals surface area contributed by atoms with Gasteiger partial charge >= 0.3 is 0 Å². The Bertz CT molecular complexity index is 704. The molecule has 5 heteroatoms. The molecule has 1 saturated heterocycles. The first-order valence-electron chi connectivity index (χ1n) is 9.00. The Kier molecular flexibility index (Phi) is 5.33. The predicted molar refractivity (Wildman–Crippen MR) is 97.1 cm³/mol. The van der Waals surface area contributed by atoms with Crippen LogP contribution in [-0.2, 0) is 6.54 Å². The maximum Gasteiger partial charge on any atom is 0.161 e. The first-order chi connectivity index (χ1) is 12.0. The second-order valence-corrected chi connectivity index (χ2v) is 7.02. The normalized spacial score (nSPS) is 18.1. The summed E-state index contributed by atoms with van der Waals surface area (Å²) < 4.78 is 16.7. The van der Waals surface area contributed by atoms with Crippen LogP contribution < -0.4 is 9.47 Å².